The van der Waals surface area contributed by atoms with E-state index in [1.165, 1.54) is 0 Å². The quantitative estimate of drug-likeness (QED) is 0.223. The Balaban J connectivity index is 0.000000488. The van der Waals surface area contributed by atoms with Crippen LogP contribution in [0.2, 0.25) is 36.3 Å². The summed E-state index contributed by atoms with van der Waals surface area (Å²) in [7, 11) is -4.12. The Morgan fingerprint density at radius 2 is 0.979 bits per heavy atom. The number of nitrogens with two attached hydrogens (primary N) is 1. The number of rotatable bonds is 7. The minimum Gasteiger partial charge on any atom is -0.408 e. The summed E-state index contributed by atoms with van der Waals surface area (Å²) in [5.74, 6) is 0. The second kappa shape index (κ2) is 14.6. The van der Waals surface area contributed by atoms with E-state index in [-0.39, 0.29) is 41.4 Å². The fourth-order valence-corrected chi connectivity index (χ4v) is 9.66. The van der Waals surface area contributed by atoms with Crippen LogP contribution in [0.3, 0.4) is 0 Å². The van der Waals surface area contributed by atoms with E-state index in [1.54, 1.807) is 0 Å². The number of benzene rings is 2. The molecule has 2 aromatic carbocycles. The standard InChI is InChI=1S/C21H36BBrO3Si.C15H26BrNOSi.CH4/c1-18(2,3)27(10,11)26-19(4,5)16-14-15(12-13-17(16)23)22-24-20(6,7)21(8,9)25-22;1-14(2,3)19(6,7)18-15(4,5)12-10-11(17)8-9-13(12)16;/h12-14H,1-11H3;8-10H,17H2,1-7H3;1H4. The Morgan fingerprint density at radius 1 is 0.638 bits per heavy atom. The summed E-state index contributed by atoms with van der Waals surface area (Å²) in [5, 5.41) is 0.344. The van der Waals surface area contributed by atoms with Gasteiger partial charge in [0.05, 0.1) is 22.4 Å². The molecule has 0 unspecified atom stereocenters. The topological polar surface area (TPSA) is 62.9 Å². The van der Waals surface area contributed by atoms with Crippen LogP contribution in [0.25, 0.3) is 0 Å². The molecule has 5 nitrogen and oxygen atoms in total. The first-order chi connectivity index (χ1) is 20.3. The molecule has 2 aromatic rings. The summed E-state index contributed by atoms with van der Waals surface area (Å²) in [5.41, 5.74) is 8.47. The minimum absolute atomic E-state index is 0. The predicted molar refractivity (Wildman–Crippen MR) is 218 cm³/mol. The zero-order chi connectivity index (χ0) is 36.1. The molecule has 1 aliphatic heterocycles. The van der Waals surface area contributed by atoms with Crippen molar-refractivity contribution in [1.29, 1.82) is 0 Å². The Labute approximate surface area is 308 Å². The molecule has 1 aliphatic rings. The molecule has 47 heavy (non-hydrogen) atoms. The van der Waals surface area contributed by atoms with Crippen LogP contribution in [-0.2, 0) is 29.4 Å². The molecule has 1 saturated heterocycles. The van der Waals surface area contributed by atoms with E-state index in [0.29, 0.717) is 0 Å². The lowest BCUT2D eigenvalue weighted by molar-refractivity contribution is 0.00578. The first-order valence-electron chi connectivity index (χ1n) is 16.4. The van der Waals surface area contributed by atoms with Crippen LogP contribution in [0.1, 0.15) is 115 Å². The maximum absolute atomic E-state index is 6.78. The summed E-state index contributed by atoms with van der Waals surface area (Å²) >= 11 is 7.34. The van der Waals surface area contributed by atoms with Crippen LogP contribution in [0.15, 0.2) is 45.3 Å². The van der Waals surface area contributed by atoms with Crippen molar-refractivity contribution in [3.8, 4) is 0 Å². The molecule has 268 valence electrons. The smallest absolute Gasteiger partial charge is 0.408 e. The molecule has 0 saturated carbocycles. The number of hydrogen-bond donors (Lipinski definition) is 1. The average molecular weight is 816 g/mol. The molecule has 0 aliphatic carbocycles. The normalized spacial score (nSPS) is 17.1. The van der Waals surface area contributed by atoms with Crippen LogP contribution in [0, 0.1) is 0 Å². The van der Waals surface area contributed by atoms with Gasteiger partial charge in [-0.3, -0.25) is 0 Å². The zero-order valence-electron chi connectivity index (χ0n) is 32.0. The monoisotopic (exact) mass is 813 g/mol. The van der Waals surface area contributed by atoms with Gasteiger partial charge in [0.1, 0.15) is 0 Å². The van der Waals surface area contributed by atoms with E-state index in [2.05, 4.69) is 173 Å². The van der Waals surface area contributed by atoms with Gasteiger partial charge in [0.2, 0.25) is 0 Å². The Kier molecular flexibility index (Phi) is 13.9. The lowest BCUT2D eigenvalue weighted by Crippen LogP contribution is -2.46. The molecule has 0 spiro atoms. The maximum atomic E-state index is 6.78. The van der Waals surface area contributed by atoms with E-state index >= 15 is 0 Å². The number of nitrogen functional groups attached to an aromatic ring is 1. The van der Waals surface area contributed by atoms with Crippen LogP contribution >= 0.6 is 31.9 Å². The lowest BCUT2D eigenvalue weighted by atomic mass is 9.77. The van der Waals surface area contributed by atoms with Gasteiger partial charge in [-0.25, -0.2) is 0 Å². The summed E-state index contributed by atoms with van der Waals surface area (Å²) in [6.45, 7) is 39.6. The molecule has 3 rings (SSSR count). The van der Waals surface area contributed by atoms with Crippen LogP contribution in [0.4, 0.5) is 5.69 Å². The summed E-state index contributed by atoms with van der Waals surface area (Å²) in [4.78, 5) is 0. The average Bonchev–Trinajstić information content (AvgIpc) is 3.05. The summed E-state index contributed by atoms with van der Waals surface area (Å²) in [6, 6.07) is 12.2. The van der Waals surface area contributed by atoms with Crippen molar-refractivity contribution in [3.05, 3.63) is 56.5 Å². The molecule has 0 radical (unpaired) electrons. The van der Waals surface area contributed by atoms with Gasteiger partial charge >= 0.3 is 7.12 Å². The highest BCUT2D eigenvalue weighted by Crippen LogP contribution is 2.45. The molecule has 10 heteroatoms. The first kappa shape index (κ1) is 44.6. The zero-order valence-corrected chi connectivity index (χ0v) is 37.2. The Bertz CT molecular complexity index is 1360. The third-order valence-corrected chi connectivity index (χ3v) is 21.1. The van der Waals surface area contributed by atoms with Gasteiger partial charge in [0.25, 0.3) is 0 Å². The molecule has 1 heterocycles. The molecular weight excluding hydrogens is 749 g/mol. The summed E-state index contributed by atoms with van der Waals surface area (Å²) in [6.07, 6.45) is 0. The highest BCUT2D eigenvalue weighted by atomic mass is 79.9. The van der Waals surface area contributed by atoms with Crippen LogP contribution in [-0.4, -0.2) is 35.0 Å². The van der Waals surface area contributed by atoms with Crippen molar-refractivity contribution in [2.24, 2.45) is 0 Å². The van der Waals surface area contributed by atoms with Gasteiger partial charge in [-0.15, -0.1) is 0 Å². The van der Waals surface area contributed by atoms with E-state index in [9.17, 15) is 0 Å². The van der Waals surface area contributed by atoms with Crippen LogP contribution in [0.5, 0.6) is 0 Å². The largest absolute Gasteiger partial charge is 0.494 e. The highest BCUT2D eigenvalue weighted by molar-refractivity contribution is 9.10. The molecule has 1 fully saturated rings. The van der Waals surface area contributed by atoms with Gasteiger partial charge in [-0.05, 0) is 133 Å². The van der Waals surface area contributed by atoms with E-state index < -0.39 is 22.2 Å². The predicted octanol–water partition coefficient (Wildman–Crippen LogP) is 11.9. The molecular formula is C37H66BBr2NO4Si2. The van der Waals surface area contributed by atoms with Gasteiger partial charge < -0.3 is 23.9 Å². The van der Waals surface area contributed by atoms with Gasteiger partial charge in [-0.2, -0.15) is 0 Å². The third-order valence-electron chi connectivity index (χ3n) is 10.4. The second-order valence-electron chi connectivity index (χ2n) is 17.8. The van der Waals surface area contributed by atoms with Crippen molar-refractivity contribution in [2.75, 3.05) is 5.73 Å². The SMILES string of the molecule is C.CC(C)(O[Si](C)(C)C(C)(C)C)c1cc(B2OC(C)(C)C(C)(C)O2)ccc1Br.CC(C)(O[Si](C)(C)C(C)(C)C)c1cc(N)ccc1Br. The molecule has 0 amide bonds. The molecule has 2 N–H and O–H groups in total. The molecule has 0 bridgehead atoms. The van der Waals surface area contributed by atoms with E-state index in [1.807, 2.05) is 18.2 Å². The van der Waals surface area contributed by atoms with Crippen molar-refractivity contribution >= 4 is 66.8 Å². The van der Waals surface area contributed by atoms with Crippen LogP contribution < -0.4 is 11.2 Å². The lowest BCUT2D eigenvalue weighted by Gasteiger charge is -2.43. The van der Waals surface area contributed by atoms with E-state index in [0.717, 1.165) is 31.2 Å². The third kappa shape index (κ3) is 10.5. The minimum atomic E-state index is -1.92. The second-order valence-corrected chi connectivity index (χ2v) is 29.0. The van der Waals surface area contributed by atoms with Gasteiger partial charge in [0, 0.05) is 14.6 Å². The fraction of sp³-hybridized carbons (Fsp3) is 0.676. The molecule has 0 atom stereocenters. The first-order valence-corrected chi connectivity index (χ1v) is 23.8. The maximum Gasteiger partial charge on any atom is 0.494 e. The Hall–Kier alpha value is -0.461. The number of anilines is 1. The van der Waals surface area contributed by atoms with Crippen molar-refractivity contribution in [2.45, 2.75) is 163 Å². The highest BCUT2D eigenvalue weighted by Gasteiger charge is 2.52. The van der Waals surface area contributed by atoms with Crippen molar-refractivity contribution in [3.63, 3.8) is 0 Å². The molecule has 0 aromatic heterocycles. The Morgan fingerprint density at radius 3 is 1.34 bits per heavy atom. The van der Waals surface area contributed by atoms with Crippen molar-refractivity contribution in [1.82, 2.24) is 0 Å². The van der Waals surface area contributed by atoms with E-state index in [4.69, 9.17) is 23.9 Å². The fourth-order valence-electron chi connectivity index (χ4n) is 4.83. The van der Waals surface area contributed by atoms with Gasteiger partial charge in [0.15, 0.2) is 16.6 Å². The number of hydrogen-bond acceptors (Lipinski definition) is 5. The van der Waals surface area contributed by atoms with Gasteiger partial charge in [-0.1, -0.05) is 93.0 Å². The number of halogens is 2. The summed E-state index contributed by atoms with van der Waals surface area (Å²) < 4.78 is 27.9. The van der Waals surface area contributed by atoms with Crippen molar-refractivity contribution < 1.29 is 18.2 Å².